The second-order valence-corrected chi connectivity index (χ2v) is 2.39. The van der Waals surface area contributed by atoms with E-state index >= 15 is 0 Å². The first-order chi connectivity index (χ1) is 2.89. The average Bonchev–Trinajstić information content (AvgIpc) is 1.86. The number of hydrogen-bond donors (Lipinski definition) is 0. The monoisotopic (exact) mass is 164 g/mol. The van der Waals surface area contributed by atoms with Gasteiger partial charge in [-0.3, -0.25) is 0 Å². The molecule has 0 N–H and O–H groups in total. The Balaban J connectivity index is 0.000000360. The van der Waals surface area contributed by atoms with Gasteiger partial charge in [0.15, 0.2) is 0 Å². The van der Waals surface area contributed by atoms with E-state index in [1.165, 1.54) is 25.7 Å². The van der Waals surface area contributed by atoms with Gasteiger partial charge in [0, 0.05) is 0 Å². The smallest absolute Gasteiger partial charge is 0.0443 e. The zero-order valence-corrected chi connectivity index (χ0v) is 6.53. The van der Waals surface area contributed by atoms with Gasteiger partial charge < -0.3 is 0 Å². The topological polar surface area (TPSA) is 0 Å². The molecule has 0 aromatic heterocycles. The van der Waals surface area contributed by atoms with Gasteiger partial charge in [-0.25, -0.2) is 0 Å². The van der Waals surface area contributed by atoms with Crippen molar-refractivity contribution in [2.24, 2.45) is 5.92 Å². The van der Waals surface area contributed by atoms with Crippen LogP contribution in [0.3, 0.4) is 0 Å². The lowest BCUT2D eigenvalue weighted by Crippen LogP contribution is -1.78. The fourth-order valence-corrected chi connectivity index (χ4v) is 1.13. The summed E-state index contributed by atoms with van der Waals surface area (Å²) >= 11 is 0. The Labute approximate surface area is 56.1 Å². The lowest BCUT2D eigenvalue weighted by molar-refractivity contribution is 0.612. The van der Waals surface area contributed by atoms with Crippen molar-refractivity contribution < 1.29 is 0 Å². The Morgan fingerprint density at radius 2 is 1.57 bits per heavy atom. The minimum atomic E-state index is 0. The summed E-state index contributed by atoms with van der Waals surface area (Å²) in [5.74, 6) is 1.05. The fourth-order valence-electron chi connectivity index (χ4n) is 1.13. The van der Waals surface area contributed by atoms with Crippen LogP contribution in [0, 0.1) is 5.92 Å². The van der Waals surface area contributed by atoms with Crippen LogP contribution in [0.5, 0.6) is 0 Å². The summed E-state index contributed by atoms with van der Waals surface area (Å²) in [5.41, 5.74) is 0. The lowest BCUT2D eigenvalue weighted by atomic mass is 10.2. The van der Waals surface area contributed by atoms with Crippen molar-refractivity contribution in [1.82, 2.24) is 0 Å². The second kappa shape index (κ2) is 3.48. The van der Waals surface area contributed by atoms with E-state index in [9.17, 15) is 0 Å². The summed E-state index contributed by atoms with van der Waals surface area (Å²) in [7, 11) is 0. The molecule has 0 radical (unpaired) electrons. The van der Waals surface area contributed by atoms with E-state index in [0.717, 1.165) is 5.92 Å². The summed E-state index contributed by atoms with van der Waals surface area (Å²) in [6, 6.07) is 0. The molecule has 0 bridgehead atoms. The quantitative estimate of drug-likeness (QED) is 0.517. The molecule has 0 aromatic carbocycles. The van der Waals surface area contributed by atoms with Gasteiger partial charge in [0.25, 0.3) is 0 Å². The third kappa shape index (κ3) is 2.32. The first kappa shape index (κ1) is 7.48. The van der Waals surface area contributed by atoms with Crippen LogP contribution in [0.15, 0.2) is 0 Å². The van der Waals surface area contributed by atoms with Gasteiger partial charge >= 0.3 is 0 Å². The van der Waals surface area contributed by atoms with E-state index in [4.69, 9.17) is 0 Å². The molecule has 0 unspecified atom stereocenters. The highest BCUT2D eigenvalue weighted by atomic mass is 79.9. The minimum absolute atomic E-state index is 0. The zero-order valence-electron chi connectivity index (χ0n) is 4.81. The fraction of sp³-hybridized carbons (Fsp3) is 1.00. The Kier molecular flexibility index (Phi) is 3.72. The summed E-state index contributed by atoms with van der Waals surface area (Å²) in [6.07, 6.45) is 5.95. The predicted octanol–water partition coefficient (Wildman–Crippen LogP) is 2.77. The Bertz CT molecular complexity index is 37.4. The van der Waals surface area contributed by atoms with Crippen LogP contribution in [0.2, 0.25) is 0 Å². The Morgan fingerprint density at radius 3 is 1.71 bits per heavy atom. The van der Waals surface area contributed by atoms with E-state index in [1.54, 1.807) is 0 Å². The zero-order chi connectivity index (χ0) is 4.41. The molecule has 0 aromatic rings. The Morgan fingerprint density at radius 1 is 1.14 bits per heavy atom. The molecule has 0 spiro atoms. The molecule has 0 saturated heterocycles. The van der Waals surface area contributed by atoms with Gasteiger partial charge in [-0.1, -0.05) is 32.6 Å². The van der Waals surface area contributed by atoms with Crippen LogP contribution < -0.4 is 0 Å². The van der Waals surface area contributed by atoms with Gasteiger partial charge in [-0.05, 0) is 5.92 Å². The van der Waals surface area contributed by atoms with Crippen molar-refractivity contribution in [3.8, 4) is 0 Å². The molecule has 1 aliphatic rings. The van der Waals surface area contributed by atoms with Crippen LogP contribution in [0.4, 0.5) is 0 Å². The average molecular weight is 165 g/mol. The molecule has 44 valence electrons. The van der Waals surface area contributed by atoms with Crippen molar-refractivity contribution in [1.29, 1.82) is 0 Å². The lowest BCUT2D eigenvalue weighted by Gasteiger charge is -1.91. The van der Waals surface area contributed by atoms with Gasteiger partial charge in [0.1, 0.15) is 0 Å². The highest BCUT2D eigenvalue weighted by molar-refractivity contribution is 8.93. The summed E-state index contributed by atoms with van der Waals surface area (Å²) in [5, 5.41) is 0. The minimum Gasteiger partial charge on any atom is -0.114 e. The van der Waals surface area contributed by atoms with Gasteiger partial charge in [-0.15, -0.1) is 17.0 Å². The van der Waals surface area contributed by atoms with Crippen LogP contribution in [0.1, 0.15) is 32.6 Å². The predicted molar refractivity (Wildman–Crippen MR) is 38.0 cm³/mol. The van der Waals surface area contributed by atoms with Crippen LogP contribution in [-0.4, -0.2) is 0 Å². The summed E-state index contributed by atoms with van der Waals surface area (Å²) in [6.45, 7) is 2.34. The highest BCUT2D eigenvalue weighted by Gasteiger charge is 2.07. The first-order valence-corrected chi connectivity index (χ1v) is 2.89. The van der Waals surface area contributed by atoms with E-state index < -0.39 is 0 Å². The van der Waals surface area contributed by atoms with Gasteiger partial charge in [0.2, 0.25) is 0 Å². The van der Waals surface area contributed by atoms with E-state index in [1.807, 2.05) is 0 Å². The van der Waals surface area contributed by atoms with Crippen LogP contribution in [-0.2, 0) is 0 Å². The Hall–Kier alpha value is 0.480. The molecule has 1 rings (SSSR count). The van der Waals surface area contributed by atoms with Crippen molar-refractivity contribution >= 4 is 17.0 Å². The van der Waals surface area contributed by atoms with Crippen LogP contribution in [0.25, 0.3) is 0 Å². The maximum atomic E-state index is 2.34. The molecule has 0 heterocycles. The summed E-state index contributed by atoms with van der Waals surface area (Å²) < 4.78 is 0. The first-order valence-electron chi connectivity index (χ1n) is 2.89. The number of rotatable bonds is 0. The molecule has 1 heteroatoms. The highest BCUT2D eigenvalue weighted by Crippen LogP contribution is 2.22. The molecule has 0 nitrogen and oxygen atoms in total. The molecule has 0 atom stereocenters. The molecule has 1 fully saturated rings. The third-order valence-electron chi connectivity index (χ3n) is 1.64. The van der Waals surface area contributed by atoms with E-state index in [0.29, 0.717) is 0 Å². The van der Waals surface area contributed by atoms with Crippen molar-refractivity contribution in [3.63, 3.8) is 0 Å². The molecular formula is C6H13Br. The van der Waals surface area contributed by atoms with Crippen LogP contribution >= 0.6 is 17.0 Å². The van der Waals surface area contributed by atoms with Gasteiger partial charge in [0.05, 0.1) is 0 Å². The number of hydrogen-bond acceptors (Lipinski definition) is 0. The normalized spacial score (nSPS) is 21.9. The van der Waals surface area contributed by atoms with Crippen molar-refractivity contribution in [2.45, 2.75) is 32.6 Å². The molecule has 7 heavy (non-hydrogen) atoms. The maximum Gasteiger partial charge on any atom is -0.0443 e. The SMILES string of the molecule is Br.CC1CCCC1. The van der Waals surface area contributed by atoms with E-state index in [2.05, 4.69) is 6.92 Å². The largest absolute Gasteiger partial charge is 0.114 e. The van der Waals surface area contributed by atoms with Gasteiger partial charge in [-0.2, -0.15) is 0 Å². The number of halogens is 1. The maximum absolute atomic E-state index is 2.34. The molecule has 1 aliphatic carbocycles. The standard InChI is InChI=1S/C6H12.BrH/c1-6-4-2-3-5-6;/h6H,2-5H2,1H3;1H. The van der Waals surface area contributed by atoms with Crippen molar-refractivity contribution in [3.05, 3.63) is 0 Å². The molecule has 1 saturated carbocycles. The van der Waals surface area contributed by atoms with E-state index in [-0.39, 0.29) is 17.0 Å². The second-order valence-electron chi connectivity index (χ2n) is 2.39. The third-order valence-corrected chi connectivity index (χ3v) is 1.64. The molecule has 0 aliphatic heterocycles. The molecule has 0 amide bonds. The summed E-state index contributed by atoms with van der Waals surface area (Å²) in [4.78, 5) is 0. The van der Waals surface area contributed by atoms with Crippen molar-refractivity contribution in [2.75, 3.05) is 0 Å². The molecular weight excluding hydrogens is 152 g/mol.